The van der Waals surface area contributed by atoms with E-state index < -0.39 is 4.92 Å². The summed E-state index contributed by atoms with van der Waals surface area (Å²) in [6.07, 6.45) is 0. The predicted molar refractivity (Wildman–Crippen MR) is 87.0 cm³/mol. The molecule has 1 heterocycles. The summed E-state index contributed by atoms with van der Waals surface area (Å²) in [5, 5.41) is 31.7. The Balaban J connectivity index is 2.04. The quantitative estimate of drug-likeness (QED) is 0.418. The van der Waals surface area contributed by atoms with E-state index in [1.165, 1.54) is 18.2 Å². The molecule has 24 heavy (non-hydrogen) atoms. The topological polar surface area (TPSA) is 143 Å². The van der Waals surface area contributed by atoms with E-state index in [2.05, 4.69) is 21.1 Å². The van der Waals surface area contributed by atoms with E-state index in [-0.39, 0.29) is 37.1 Å². The Bertz CT molecular complexity index is 730. The van der Waals surface area contributed by atoms with Crippen molar-refractivity contribution in [2.75, 3.05) is 35.6 Å². The molecule has 10 nitrogen and oxygen atoms in total. The van der Waals surface area contributed by atoms with Crippen LogP contribution in [-0.4, -0.2) is 40.8 Å². The number of benzene rings is 1. The molecule has 0 aliphatic carbocycles. The van der Waals surface area contributed by atoms with Crippen LogP contribution in [0.15, 0.2) is 28.8 Å². The molecule has 0 saturated heterocycles. The van der Waals surface area contributed by atoms with Gasteiger partial charge >= 0.3 is 0 Å². The van der Waals surface area contributed by atoms with Gasteiger partial charge in [-0.2, -0.15) is 0 Å². The van der Waals surface area contributed by atoms with Crippen LogP contribution in [0, 0.1) is 17.0 Å². The van der Waals surface area contributed by atoms with E-state index in [0.717, 1.165) is 0 Å². The maximum atomic E-state index is 11.9. The first-order chi connectivity index (χ1) is 11.5. The molecular formula is C14H17N5O5. The van der Waals surface area contributed by atoms with Crippen molar-refractivity contribution in [3.8, 4) is 0 Å². The number of aliphatic hydroxyl groups excluding tert-OH is 1. The van der Waals surface area contributed by atoms with Crippen molar-refractivity contribution >= 4 is 28.8 Å². The average Bonchev–Trinajstić information content (AvgIpc) is 2.96. The zero-order valence-corrected chi connectivity index (χ0v) is 12.9. The Hall–Kier alpha value is -3.14. The van der Waals surface area contributed by atoms with Crippen LogP contribution in [0.3, 0.4) is 0 Å². The smallest absolute Gasteiger partial charge is 0.271 e. The van der Waals surface area contributed by atoms with Crippen molar-refractivity contribution in [2.45, 2.75) is 6.92 Å². The van der Waals surface area contributed by atoms with E-state index in [9.17, 15) is 14.9 Å². The van der Waals surface area contributed by atoms with E-state index >= 15 is 0 Å². The van der Waals surface area contributed by atoms with E-state index in [0.29, 0.717) is 17.1 Å². The molecule has 0 fully saturated rings. The van der Waals surface area contributed by atoms with Crippen LogP contribution in [0.2, 0.25) is 0 Å². The molecule has 0 saturated carbocycles. The Morgan fingerprint density at radius 2 is 2.12 bits per heavy atom. The number of non-ortho nitro benzene ring substituents is 1. The number of carbonyl (C=O) groups excluding carboxylic acids is 1. The summed E-state index contributed by atoms with van der Waals surface area (Å²) < 4.78 is 4.84. The second kappa shape index (κ2) is 7.92. The zero-order chi connectivity index (χ0) is 17.5. The number of aromatic nitrogens is 1. The third-order valence-electron chi connectivity index (χ3n) is 2.98. The Labute approximate surface area is 137 Å². The Morgan fingerprint density at radius 3 is 2.75 bits per heavy atom. The van der Waals surface area contributed by atoms with Gasteiger partial charge < -0.3 is 25.6 Å². The number of anilines is 3. The third-order valence-corrected chi connectivity index (χ3v) is 2.98. The highest BCUT2D eigenvalue weighted by Crippen LogP contribution is 2.26. The fraction of sp³-hybridized carbons (Fsp3) is 0.286. The highest BCUT2D eigenvalue weighted by Gasteiger charge is 2.12. The Kier molecular flexibility index (Phi) is 5.68. The summed E-state index contributed by atoms with van der Waals surface area (Å²) >= 11 is 0. The van der Waals surface area contributed by atoms with Gasteiger partial charge in [0.1, 0.15) is 5.76 Å². The largest absolute Gasteiger partial charge is 0.395 e. The number of nitro groups is 1. The van der Waals surface area contributed by atoms with Gasteiger partial charge in [0, 0.05) is 24.7 Å². The van der Waals surface area contributed by atoms with E-state index in [1.54, 1.807) is 13.0 Å². The number of rotatable bonds is 8. The summed E-state index contributed by atoms with van der Waals surface area (Å²) in [7, 11) is 0. The molecule has 0 aliphatic heterocycles. The van der Waals surface area contributed by atoms with Gasteiger partial charge in [-0.05, 0) is 13.0 Å². The first-order valence-electron chi connectivity index (χ1n) is 7.10. The molecular weight excluding hydrogens is 318 g/mol. The number of nitrogens with one attached hydrogen (secondary N) is 3. The van der Waals surface area contributed by atoms with Crippen LogP contribution < -0.4 is 16.0 Å². The minimum absolute atomic E-state index is 0.0948. The van der Waals surface area contributed by atoms with Gasteiger partial charge in [0.15, 0.2) is 5.82 Å². The summed E-state index contributed by atoms with van der Waals surface area (Å²) in [6, 6.07) is 5.73. The van der Waals surface area contributed by atoms with Crippen LogP contribution in [0.25, 0.3) is 0 Å². The van der Waals surface area contributed by atoms with Gasteiger partial charge in [0.05, 0.1) is 29.4 Å². The predicted octanol–water partition coefficient (Wildman–Crippen LogP) is 1.35. The maximum Gasteiger partial charge on any atom is 0.271 e. The third kappa shape index (κ3) is 4.68. The zero-order valence-electron chi connectivity index (χ0n) is 12.9. The molecule has 1 amide bonds. The van der Waals surface area contributed by atoms with Crippen molar-refractivity contribution in [2.24, 2.45) is 0 Å². The molecule has 10 heteroatoms. The van der Waals surface area contributed by atoms with Crippen LogP contribution in [0.4, 0.5) is 22.9 Å². The van der Waals surface area contributed by atoms with Crippen molar-refractivity contribution < 1.29 is 19.3 Å². The molecule has 0 aliphatic rings. The summed E-state index contributed by atoms with van der Waals surface area (Å²) in [6.45, 7) is 1.75. The molecule has 0 radical (unpaired) electrons. The Morgan fingerprint density at radius 1 is 1.33 bits per heavy atom. The van der Waals surface area contributed by atoms with Crippen molar-refractivity contribution in [3.05, 3.63) is 40.1 Å². The number of nitrogens with zero attached hydrogens (tertiary/aromatic N) is 2. The number of carbonyl (C=O) groups is 1. The fourth-order valence-electron chi connectivity index (χ4n) is 1.92. The first-order valence-corrected chi connectivity index (χ1v) is 7.10. The van der Waals surface area contributed by atoms with Gasteiger partial charge in [-0.15, -0.1) is 0 Å². The summed E-state index contributed by atoms with van der Waals surface area (Å²) in [5.74, 6) is 0.465. The lowest BCUT2D eigenvalue weighted by atomic mass is 10.2. The highest BCUT2D eigenvalue weighted by atomic mass is 16.6. The number of hydrogen-bond acceptors (Lipinski definition) is 8. The van der Waals surface area contributed by atoms with Gasteiger partial charge in [-0.1, -0.05) is 5.16 Å². The average molecular weight is 335 g/mol. The second-order valence-corrected chi connectivity index (χ2v) is 4.86. The number of amides is 1. The molecule has 0 atom stereocenters. The van der Waals surface area contributed by atoms with Crippen LogP contribution in [0.1, 0.15) is 5.76 Å². The minimum Gasteiger partial charge on any atom is -0.395 e. The van der Waals surface area contributed by atoms with Gasteiger partial charge in [0.25, 0.3) is 5.69 Å². The van der Waals surface area contributed by atoms with Crippen molar-refractivity contribution in [1.29, 1.82) is 0 Å². The first kappa shape index (κ1) is 17.2. The SMILES string of the molecule is Cc1cc(NC(=O)CNc2cc([N+](=O)[O-])ccc2NCCO)no1. The lowest BCUT2D eigenvalue weighted by Crippen LogP contribution is -2.22. The van der Waals surface area contributed by atoms with Crippen molar-refractivity contribution in [3.63, 3.8) is 0 Å². The number of aryl methyl sites for hydroxylation is 1. The van der Waals surface area contributed by atoms with Crippen LogP contribution >= 0.6 is 0 Å². The van der Waals surface area contributed by atoms with Crippen LogP contribution in [-0.2, 0) is 4.79 Å². The highest BCUT2D eigenvalue weighted by molar-refractivity contribution is 5.93. The molecule has 128 valence electrons. The van der Waals surface area contributed by atoms with Crippen LogP contribution in [0.5, 0.6) is 0 Å². The molecule has 0 bridgehead atoms. The fourth-order valence-corrected chi connectivity index (χ4v) is 1.92. The molecule has 0 unspecified atom stereocenters. The monoisotopic (exact) mass is 335 g/mol. The maximum absolute atomic E-state index is 11.9. The number of nitro benzene ring substituents is 1. The standard InChI is InChI=1S/C14H17N5O5/c1-9-6-13(18-24-9)17-14(21)8-16-12-7-10(19(22)23)2-3-11(12)15-4-5-20/h2-3,6-7,15-16,20H,4-5,8H2,1H3,(H,17,18,21). The molecule has 0 spiro atoms. The number of aliphatic hydroxyl groups is 1. The minimum atomic E-state index is -0.529. The number of hydrogen-bond donors (Lipinski definition) is 4. The van der Waals surface area contributed by atoms with Gasteiger partial charge in [-0.3, -0.25) is 14.9 Å². The molecule has 2 aromatic rings. The van der Waals surface area contributed by atoms with E-state index in [4.69, 9.17) is 9.63 Å². The summed E-state index contributed by atoms with van der Waals surface area (Å²) in [4.78, 5) is 22.2. The lowest BCUT2D eigenvalue weighted by molar-refractivity contribution is -0.384. The second-order valence-electron chi connectivity index (χ2n) is 4.86. The molecule has 1 aromatic carbocycles. The normalized spacial score (nSPS) is 10.2. The summed E-state index contributed by atoms with van der Waals surface area (Å²) in [5.41, 5.74) is 0.809. The van der Waals surface area contributed by atoms with Crippen molar-refractivity contribution in [1.82, 2.24) is 5.16 Å². The molecule has 4 N–H and O–H groups in total. The van der Waals surface area contributed by atoms with Gasteiger partial charge in [-0.25, -0.2) is 0 Å². The van der Waals surface area contributed by atoms with E-state index in [1.807, 2.05) is 0 Å². The van der Waals surface area contributed by atoms with Gasteiger partial charge in [0.2, 0.25) is 5.91 Å². The molecule has 1 aromatic heterocycles. The lowest BCUT2D eigenvalue weighted by Gasteiger charge is -2.13. The molecule has 2 rings (SSSR count).